The van der Waals surface area contributed by atoms with Gasteiger partial charge in [0.15, 0.2) is 0 Å². The van der Waals surface area contributed by atoms with Gasteiger partial charge in [-0.2, -0.15) is 28.4 Å². The van der Waals surface area contributed by atoms with Crippen LogP contribution in [-0.4, -0.2) is 54.4 Å². The van der Waals surface area contributed by atoms with Crippen LogP contribution in [0.4, 0.5) is 0 Å². The minimum absolute atomic E-state index is 0.0524. The van der Waals surface area contributed by atoms with Gasteiger partial charge in [-0.25, -0.2) is 0 Å². The van der Waals surface area contributed by atoms with Crippen molar-refractivity contribution in [2.45, 2.75) is 18.8 Å². The van der Waals surface area contributed by atoms with Gasteiger partial charge in [-0.15, -0.1) is 10.2 Å². The van der Waals surface area contributed by atoms with E-state index in [9.17, 15) is 8.42 Å². The molecule has 1 saturated heterocycles. The average molecular weight is 342 g/mol. The van der Waals surface area contributed by atoms with Gasteiger partial charge in [0.25, 0.3) is 10.2 Å². The topological polar surface area (TPSA) is 79.5 Å². The van der Waals surface area contributed by atoms with Gasteiger partial charge in [-0.1, -0.05) is 0 Å². The molecule has 120 valence electrons. The Bertz CT molecular complexity index is 724. The Morgan fingerprint density at radius 2 is 2.23 bits per heavy atom. The van der Waals surface area contributed by atoms with Gasteiger partial charge in [0.05, 0.1) is 5.92 Å². The number of nitrogens with zero attached hydrogens (tertiary/aromatic N) is 4. The van der Waals surface area contributed by atoms with Crippen LogP contribution in [-0.2, 0) is 10.2 Å². The quantitative estimate of drug-likeness (QED) is 0.846. The maximum atomic E-state index is 12.2. The molecule has 22 heavy (non-hydrogen) atoms. The van der Waals surface area contributed by atoms with E-state index in [2.05, 4.69) is 10.2 Å². The minimum atomic E-state index is -3.40. The number of hydrogen-bond acceptors (Lipinski definition) is 6. The van der Waals surface area contributed by atoms with Crippen LogP contribution in [0.3, 0.4) is 0 Å². The van der Waals surface area contributed by atoms with Crippen LogP contribution in [0.1, 0.15) is 24.7 Å². The predicted molar refractivity (Wildman–Crippen MR) is 83.8 cm³/mol. The van der Waals surface area contributed by atoms with Crippen molar-refractivity contribution in [2.75, 3.05) is 27.2 Å². The first-order chi connectivity index (χ1) is 10.5. The molecule has 0 spiro atoms. The van der Waals surface area contributed by atoms with Crippen LogP contribution in [0.15, 0.2) is 21.2 Å². The minimum Gasteiger partial charge on any atom is -0.420 e. The Balaban J connectivity index is 1.78. The van der Waals surface area contributed by atoms with Crippen molar-refractivity contribution in [1.29, 1.82) is 0 Å². The monoisotopic (exact) mass is 342 g/mol. The molecule has 0 saturated carbocycles. The molecule has 0 amide bonds. The van der Waals surface area contributed by atoms with Gasteiger partial charge in [0, 0.05) is 38.1 Å². The smallest absolute Gasteiger partial charge is 0.281 e. The van der Waals surface area contributed by atoms with Gasteiger partial charge in [0.2, 0.25) is 11.8 Å². The van der Waals surface area contributed by atoms with E-state index in [0.29, 0.717) is 24.9 Å². The molecule has 2 aromatic heterocycles. The maximum Gasteiger partial charge on any atom is 0.281 e. The second-order valence-corrected chi connectivity index (χ2v) is 8.37. The lowest BCUT2D eigenvalue weighted by Crippen LogP contribution is -2.44. The molecule has 2 aromatic rings. The highest BCUT2D eigenvalue weighted by atomic mass is 32.2. The number of piperidine rings is 1. The molecule has 0 aliphatic carbocycles. The van der Waals surface area contributed by atoms with Gasteiger partial charge in [0.1, 0.15) is 0 Å². The number of aromatic nitrogens is 2. The van der Waals surface area contributed by atoms with E-state index in [1.54, 1.807) is 25.4 Å². The summed E-state index contributed by atoms with van der Waals surface area (Å²) in [4.78, 5) is 0. The van der Waals surface area contributed by atoms with E-state index in [1.807, 2.05) is 16.8 Å². The Morgan fingerprint density at radius 1 is 1.41 bits per heavy atom. The zero-order chi connectivity index (χ0) is 15.7. The van der Waals surface area contributed by atoms with Crippen LogP contribution in [0.2, 0.25) is 0 Å². The molecule has 1 aliphatic rings. The fourth-order valence-corrected chi connectivity index (χ4v) is 4.31. The lowest BCUT2D eigenvalue weighted by Gasteiger charge is -2.31. The zero-order valence-corrected chi connectivity index (χ0v) is 14.1. The summed E-state index contributed by atoms with van der Waals surface area (Å²) in [6, 6.07) is 1.92. The first-order valence-corrected chi connectivity index (χ1v) is 9.36. The molecule has 1 fully saturated rings. The third-order valence-corrected chi connectivity index (χ3v) is 6.32. The maximum absolute atomic E-state index is 12.2. The number of thiophene rings is 1. The van der Waals surface area contributed by atoms with Crippen molar-refractivity contribution in [3.8, 4) is 11.5 Å². The lowest BCUT2D eigenvalue weighted by atomic mass is 10.00. The van der Waals surface area contributed by atoms with Gasteiger partial charge >= 0.3 is 0 Å². The lowest BCUT2D eigenvalue weighted by molar-refractivity contribution is 0.274. The third kappa shape index (κ3) is 2.94. The molecule has 3 rings (SSSR count). The molecular formula is C13H18N4O3S2. The SMILES string of the molecule is CN(C)S(=O)(=O)N1CCC[C@H](c2nnc(-c3ccsc3)o2)C1. The van der Waals surface area contributed by atoms with Gasteiger partial charge in [-0.3, -0.25) is 0 Å². The molecule has 1 atom stereocenters. The molecule has 3 heterocycles. The Morgan fingerprint density at radius 3 is 2.91 bits per heavy atom. The Labute approximate surface area is 133 Å². The summed E-state index contributed by atoms with van der Waals surface area (Å²) < 4.78 is 32.9. The molecule has 0 unspecified atom stereocenters. The standard InChI is InChI=1S/C13H18N4O3S2/c1-16(2)22(18,19)17-6-3-4-10(8-17)12-14-15-13(20-12)11-5-7-21-9-11/h5,7,9-10H,3-4,6,8H2,1-2H3/t10-/m0/s1. The van der Waals surface area contributed by atoms with Crippen LogP contribution in [0.25, 0.3) is 11.5 Å². The van der Waals surface area contributed by atoms with E-state index < -0.39 is 10.2 Å². The zero-order valence-electron chi connectivity index (χ0n) is 12.5. The summed E-state index contributed by atoms with van der Waals surface area (Å²) in [6.07, 6.45) is 1.64. The van der Waals surface area contributed by atoms with Crippen molar-refractivity contribution in [2.24, 2.45) is 0 Å². The van der Waals surface area contributed by atoms with Crippen LogP contribution in [0, 0.1) is 0 Å². The fraction of sp³-hybridized carbons (Fsp3) is 0.538. The van der Waals surface area contributed by atoms with Crippen molar-refractivity contribution in [3.63, 3.8) is 0 Å². The summed E-state index contributed by atoms with van der Waals surface area (Å²) >= 11 is 1.57. The summed E-state index contributed by atoms with van der Waals surface area (Å²) in [5.41, 5.74) is 0.900. The first-order valence-electron chi connectivity index (χ1n) is 7.02. The summed E-state index contributed by atoms with van der Waals surface area (Å²) in [5.74, 6) is 0.951. The van der Waals surface area contributed by atoms with E-state index in [1.165, 1.54) is 8.61 Å². The summed E-state index contributed by atoms with van der Waals surface area (Å²) in [6.45, 7) is 0.911. The number of rotatable bonds is 4. The van der Waals surface area contributed by atoms with E-state index in [-0.39, 0.29) is 5.92 Å². The summed E-state index contributed by atoms with van der Waals surface area (Å²) in [5, 5.41) is 12.1. The van der Waals surface area contributed by atoms with Crippen molar-refractivity contribution >= 4 is 21.5 Å². The van der Waals surface area contributed by atoms with Gasteiger partial charge in [-0.05, 0) is 24.3 Å². The van der Waals surface area contributed by atoms with Crippen molar-refractivity contribution in [1.82, 2.24) is 18.8 Å². The normalized spacial score (nSPS) is 20.6. The highest BCUT2D eigenvalue weighted by Gasteiger charge is 2.33. The van der Waals surface area contributed by atoms with E-state index in [0.717, 1.165) is 18.4 Å². The molecule has 7 nitrogen and oxygen atoms in total. The van der Waals surface area contributed by atoms with Crippen LogP contribution >= 0.6 is 11.3 Å². The van der Waals surface area contributed by atoms with E-state index >= 15 is 0 Å². The molecule has 1 aliphatic heterocycles. The molecular weight excluding hydrogens is 324 g/mol. The Kier molecular flexibility index (Phi) is 4.31. The van der Waals surface area contributed by atoms with Crippen molar-refractivity contribution < 1.29 is 12.8 Å². The second-order valence-electron chi connectivity index (χ2n) is 5.44. The molecule has 0 aromatic carbocycles. The first kappa shape index (κ1) is 15.6. The Hall–Kier alpha value is -1.29. The largest absolute Gasteiger partial charge is 0.420 e. The van der Waals surface area contributed by atoms with E-state index in [4.69, 9.17) is 4.42 Å². The average Bonchev–Trinajstić information content (AvgIpc) is 3.18. The highest BCUT2D eigenvalue weighted by Crippen LogP contribution is 2.30. The van der Waals surface area contributed by atoms with Gasteiger partial charge < -0.3 is 4.42 Å². The third-order valence-electron chi connectivity index (χ3n) is 3.73. The van der Waals surface area contributed by atoms with Crippen LogP contribution in [0.5, 0.6) is 0 Å². The fourth-order valence-electron chi connectivity index (χ4n) is 2.49. The molecule has 0 radical (unpaired) electrons. The molecule has 0 N–H and O–H groups in total. The predicted octanol–water partition coefficient (Wildman–Crippen LogP) is 1.78. The summed E-state index contributed by atoms with van der Waals surface area (Å²) in [7, 11) is -0.315. The molecule has 9 heteroatoms. The van der Waals surface area contributed by atoms with Crippen LogP contribution < -0.4 is 0 Å². The second kappa shape index (κ2) is 6.07. The number of hydrogen-bond donors (Lipinski definition) is 0. The molecule has 0 bridgehead atoms. The van der Waals surface area contributed by atoms with Crippen molar-refractivity contribution in [3.05, 3.63) is 22.7 Å². The highest BCUT2D eigenvalue weighted by molar-refractivity contribution is 7.86.